The van der Waals surface area contributed by atoms with Gasteiger partial charge in [0.05, 0.1) is 12.2 Å². The minimum absolute atomic E-state index is 0.224. The SMILES string of the molecule is Cc1ccccc1CN(Cc1ccnc(N2CCCC2)n1)c1ccc(F)cc1. The van der Waals surface area contributed by atoms with Crippen LogP contribution in [0.4, 0.5) is 16.0 Å². The number of rotatable bonds is 6. The Kier molecular flexibility index (Phi) is 5.51. The van der Waals surface area contributed by atoms with Crippen LogP contribution in [-0.2, 0) is 13.1 Å². The van der Waals surface area contributed by atoms with Crippen molar-refractivity contribution in [3.63, 3.8) is 0 Å². The second kappa shape index (κ2) is 8.38. The molecule has 3 aromatic rings. The first-order chi connectivity index (χ1) is 13.7. The molecule has 1 aliphatic rings. The first-order valence-electron chi connectivity index (χ1n) is 9.81. The van der Waals surface area contributed by atoms with Gasteiger partial charge in [-0.05, 0) is 61.2 Å². The van der Waals surface area contributed by atoms with Crippen molar-refractivity contribution in [2.24, 2.45) is 0 Å². The largest absolute Gasteiger partial charge is 0.361 e. The number of hydrogen-bond donors (Lipinski definition) is 0. The van der Waals surface area contributed by atoms with Gasteiger partial charge in [-0.25, -0.2) is 14.4 Å². The number of aromatic nitrogens is 2. The van der Waals surface area contributed by atoms with Gasteiger partial charge in [-0.3, -0.25) is 0 Å². The van der Waals surface area contributed by atoms with Crippen molar-refractivity contribution < 1.29 is 4.39 Å². The molecule has 5 heteroatoms. The Morgan fingerprint density at radius 1 is 0.964 bits per heavy atom. The van der Waals surface area contributed by atoms with Gasteiger partial charge in [0.15, 0.2) is 0 Å². The fourth-order valence-corrected chi connectivity index (χ4v) is 3.62. The van der Waals surface area contributed by atoms with E-state index >= 15 is 0 Å². The van der Waals surface area contributed by atoms with Gasteiger partial charge >= 0.3 is 0 Å². The van der Waals surface area contributed by atoms with E-state index in [1.54, 1.807) is 0 Å². The van der Waals surface area contributed by atoms with Crippen LogP contribution in [0.25, 0.3) is 0 Å². The third kappa shape index (κ3) is 4.30. The summed E-state index contributed by atoms with van der Waals surface area (Å²) >= 11 is 0. The van der Waals surface area contributed by atoms with Gasteiger partial charge in [-0.2, -0.15) is 0 Å². The quantitative estimate of drug-likeness (QED) is 0.622. The molecule has 0 aliphatic carbocycles. The molecule has 0 amide bonds. The van der Waals surface area contributed by atoms with Gasteiger partial charge in [0, 0.05) is 31.5 Å². The zero-order valence-corrected chi connectivity index (χ0v) is 16.2. The van der Waals surface area contributed by atoms with Crippen molar-refractivity contribution >= 4 is 11.6 Å². The molecule has 4 nitrogen and oxygen atoms in total. The van der Waals surface area contributed by atoms with Crippen molar-refractivity contribution in [1.82, 2.24) is 9.97 Å². The highest BCUT2D eigenvalue weighted by molar-refractivity contribution is 5.48. The third-order valence-electron chi connectivity index (χ3n) is 5.26. The standard InChI is InChI=1S/C23H25FN4/c1-18-6-2-3-7-19(18)16-28(22-10-8-20(24)9-11-22)17-21-12-13-25-23(26-21)27-14-4-5-15-27/h2-3,6-13H,4-5,14-17H2,1H3. The van der Waals surface area contributed by atoms with E-state index in [1.165, 1.54) is 36.1 Å². The summed E-state index contributed by atoms with van der Waals surface area (Å²) in [5.74, 6) is 0.586. The first-order valence-corrected chi connectivity index (χ1v) is 9.81. The second-order valence-electron chi connectivity index (χ2n) is 7.30. The van der Waals surface area contributed by atoms with Crippen molar-refractivity contribution in [3.8, 4) is 0 Å². The maximum Gasteiger partial charge on any atom is 0.225 e. The Morgan fingerprint density at radius 2 is 1.71 bits per heavy atom. The average molecular weight is 376 g/mol. The van der Waals surface area contributed by atoms with E-state index in [4.69, 9.17) is 4.98 Å². The zero-order valence-electron chi connectivity index (χ0n) is 16.2. The fraction of sp³-hybridized carbons (Fsp3) is 0.304. The van der Waals surface area contributed by atoms with Gasteiger partial charge in [0.1, 0.15) is 5.82 Å². The van der Waals surface area contributed by atoms with Crippen LogP contribution in [-0.4, -0.2) is 23.1 Å². The van der Waals surface area contributed by atoms with Crippen LogP contribution in [0.3, 0.4) is 0 Å². The highest BCUT2D eigenvalue weighted by Gasteiger charge is 2.16. The number of nitrogens with zero attached hydrogens (tertiary/aromatic N) is 4. The van der Waals surface area contributed by atoms with Crippen molar-refractivity contribution in [1.29, 1.82) is 0 Å². The Balaban J connectivity index is 1.61. The molecule has 28 heavy (non-hydrogen) atoms. The van der Waals surface area contributed by atoms with Gasteiger partial charge in [0.2, 0.25) is 5.95 Å². The van der Waals surface area contributed by atoms with E-state index in [1.807, 2.05) is 30.5 Å². The molecule has 0 radical (unpaired) electrons. The molecule has 2 heterocycles. The van der Waals surface area contributed by atoms with E-state index in [2.05, 4.69) is 39.9 Å². The topological polar surface area (TPSA) is 32.3 Å². The lowest BCUT2D eigenvalue weighted by Crippen LogP contribution is -2.25. The fourth-order valence-electron chi connectivity index (χ4n) is 3.62. The molecule has 0 unspecified atom stereocenters. The molecule has 0 atom stereocenters. The molecule has 2 aromatic carbocycles. The third-order valence-corrected chi connectivity index (χ3v) is 5.26. The van der Waals surface area contributed by atoms with Crippen LogP contribution < -0.4 is 9.80 Å². The molecule has 0 N–H and O–H groups in total. The van der Waals surface area contributed by atoms with E-state index in [0.717, 1.165) is 37.0 Å². The highest BCUT2D eigenvalue weighted by atomic mass is 19.1. The van der Waals surface area contributed by atoms with Crippen molar-refractivity contribution in [2.45, 2.75) is 32.9 Å². The molecular weight excluding hydrogens is 351 g/mol. The maximum absolute atomic E-state index is 13.4. The predicted octanol–water partition coefficient (Wildman–Crippen LogP) is 4.73. The van der Waals surface area contributed by atoms with Crippen LogP contribution in [0, 0.1) is 12.7 Å². The van der Waals surface area contributed by atoms with E-state index in [-0.39, 0.29) is 5.82 Å². The lowest BCUT2D eigenvalue weighted by Gasteiger charge is -2.26. The Morgan fingerprint density at radius 3 is 2.46 bits per heavy atom. The molecule has 144 valence electrons. The normalized spacial score (nSPS) is 13.7. The minimum atomic E-state index is -0.224. The molecule has 0 spiro atoms. The van der Waals surface area contributed by atoms with Crippen LogP contribution in [0.1, 0.15) is 29.7 Å². The summed E-state index contributed by atoms with van der Waals surface area (Å²) in [5.41, 5.74) is 4.44. The smallest absolute Gasteiger partial charge is 0.225 e. The molecule has 1 aliphatic heterocycles. The summed E-state index contributed by atoms with van der Waals surface area (Å²) in [4.78, 5) is 13.7. The van der Waals surface area contributed by atoms with E-state index in [0.29, 0.717) is 6.54 Å². The van der Waals surface area contributed by atoms with E-state index < -0.39 is 0 Å². The number of hydrogen-bond acceptors (Lipinski definition) is 4. The van der Waals surface area contributed by atoms with Crippen LogP contribution in [0.2, 0.25) is 0 Å². The van der Waals surface area contributed by atoms with Gasteiger partial charge in [-0.1, -0.05) is 24.3 Å². The van der Waals surface area contributed by atoms with Crippen LogP contribution in [0.5, 0.6) is 0 Å². The summed E-state index contributed by atoms with van der Waals surface area (Å²) in [5, 5.41) is 0. The van der Waals surface area contributed by atoms with Gasteiger partial charge < -0.3 is 9.80 Å². The van der Waals surface area contributed by atoms with Crippen LogP contribution in [0.15, 0.2) is 60.8 Å². The lowest BCUT2D eigenvalue weighted by atomic mass is 10.1. The summed E-state index contributed by atoms with van der Waals surface area (Å²) < 4.78 is 13.4. The summed E-state index contributed by atoms with van der Waals surface area (Å²) in [6.07, 6.45) is 4.23. The average Bonchev–Trinajstić information content (AvgIpc) is 3.25. The molecule has 1 fully saturated rings. The van der Waals surface area contributed by atoms with E-state index in [9.17, 15) is 4.39 Å². The number of anilines is 2. The number of benzene rings is 2. The lowest BCUT2D eigenvalue weighted by molar-refractivity contribution is 0.627. The minimum Gasteiger partial charge on any atom is -0.361 e. The second-order valence-corrected chi connectivity index (χ2v) is 7.30. The van der Waals surface area contributed by atoms with Crippen LogP contribution >= 0.6 is 0 Å². The van der Waals surface area contributed by atoms with Crippen molar-refractivity contribution in [2.75, 3.05) is 22.9 Å². The number of aryl methyl sites for hydroxylation is 1. The zero-order chi connectivity index (χ0) is 19.3. The highest BCUT2D eigenvalue weighted by Crippen LogP contribution is 2.22. The number of halogens is 1. The first kappa shape index (κ1) is 18.4. The Bertz CT molecular complexity index is 920. The maximum atomic E-state index is 13.4. The molecule has 0 saturated carbocycles. The Labute approximate surface area is 165 Å². The van der Waals surface area contributed by atoms with Gasteiger partial charge in [0.25, 0.3) is 0 Å². The van der Waals surface area contributed by atoms with Gasteiger partial charge in [-0.15, -0.1) is 0 Å². The monoisotopic (exact) mass is 376 g/mol. The predicted molar refractivity (Wildman–Crippen MR) is 111 cm³/mol. The molecule has 0 bridgehead atoms. The molecule has 1 saturated heterocycles. The summed E-state index contributed by atoms with van der Waals surface area (Å²) in [6, 6.07) is 17.0. The summed E-state index contributed by atoms with van der Waals surface area (Å²) in [6.45, 7) is 5.54. The molecule has 1 aromatic heterocycles. The summed E-state index contributed by atoms with van der Waals surface area (Å²) in [7, 11) is 0. The molecule has 4 rings (SSSR count). The van der Waals surface area contributed by atoms with Crippen molar-refractivity contribution in [3.05, 3.63) is 83.4 Å². The Hall–Kier alpha value is -2.95. The molecular formula is C23H25FN4.